The first kappa shape index (κ1) is 12.4. The van der Waals surface area contributed by atoms with Gasteiger partial charge in [-0.15, -0.1) is 0 Å². The lowest BCUT2D eigenvalue weighted by atomic mass is 10.1. The van der Waals surface area contributed by atoms with E-state index in [1.54, 1.807) is 0 Å². The molecule has 0 fully saturated rings. The van der Waals surface area contributed by atoms with E-state index in [2.05, 4.69) is 0 Å². The van der Waals surface area contributed by atoms with Crippen LogP contribution in [0, 0.1) is 0 Å². The predicted octanol–water partition coefficient (Wildman–Crippen LogP) is 1.12. The summed E-state index contributed by atoms with van der Waals surface area (Å²) in [5.41, 5.74) is 6.64. The molecule has 0 amide bonds. The molecule has 0 saturated carbocycles. The fraction of sp³-hybridized carbons (Fsp3) is 0.400. The molecule has 0 heterocycles. The second-order valence-corrected chi connectivity index (χ2v) is 6.57. The molecule has 0 aliphatic rings. The molecule has 0 saturated heterocycles. The Hall–Kier alpha value is -0.670. The number of hydrogen-bond acceptors (Lipinski definition) is 3. The molecule has 0 aromatic heterocycles. The Morgan fingerprint density at radius 3 is 2.40 bits per heavy atom. The number of aliphatic hydroxyl groups is 1. The monoisotopic (exact) mass is 229 g/mol. The molecule has 1 rings (SSSR count). The molecular weight excluding hydrogens is 213 g/mol. The van der Waals surface area contributed by atoms with Gasteiger partial charge in [-0.1, -0.05) is 30.3 Å². The maximum absolute atomic E-state index is 11.6. The Morgan fingerprint density at radius 2 is 1.93 bits per heavy atom. The third-order valence-corrected chi connectivity index (χ3v) is 4.53. The van der Waals surface area contributed by atoms with E-state index in [1.807, 2.05) is 30.3 Å². The van der Waals surface area contributed by atoms with Crippen molar-refractivity contribution in [2.24, 2.45) is 5.73 Å². The molecule has 0 bridgehead atoms. The van der Waals surface area contributed by atoms with Crippen molar-refractivity contribution in [3.8, 4) is 0 Å². The van der Waals surface area contributed by atoms with Gasteiger partial charge in [0.1, 0.15) is 6.35 Å². The van der Waals surface area contributed by atoms with Crippen molar-refractivity contribution in [1.82, 2.24) is 0 Å². The lowest BCUT2D eigenvalue weighted by Gasteiger charge is -2.28. The second-order valence-electron chi connectivity index (χ2n) is 3.86. The Kier molecular flexibility index (Phi) is 3.68. The summed E-state index contributed by atoms with van der Waals surface area (Å²) in [6.07, 6.45) is -0.519. The van der Waals surface area contributed by atoms with E-state index in [-0.39, 0.29) is 6.42 Å². The highest BCUT2D eigenvalue weighted by atomic mass is 31.2. The standard InChI is InChI=1S/C10H16NO3P/c1-10(11,15(13,14)8-12)7-9-5-3-2-4-6-9/h2-6,12H,7-8,11H2,1H3,(H,13,14). The van der Waals surface area contributed by atoms with Gasteiger partial charge in [0.05, 0.1) is 5.28 Å². The van der Waals surface area contributed by atoms with Gasteiger partial charge >= 0.3 is 0 Å². The first-order valence-electron chi connectivity index (χ1n) is 4.65. The summed E-state index contributed by atoms with van der Waals surface area (Å²) >= 11 is 0. The normalized spacial score (nSPS) is 19.2. The quantitative estimate of drug-likeness (QED) is 0.675. The van der Waals surface area contributed by atoms with Gasteiger partial charge in [0.2, 0.25) is 7.37 Å². The van der Waals surface area contributed by atoms with Gasteiger partial charge in [0, 0.05) is 0 Å². The van der Waals surface area contributed by atoms with Crippen LogP contribution in [0.25, 0.3) is 0 Å². The van der Waals surface area contributed by atoms with E-state index in [4.69, 9.17) is 10.8 Å². The van der Waals surface area contributed by atoms with E-state index in [0.29, 0.717) is 0 Å². The summed E-state index contributed by atoms with van der Waals surface area (Å²) in [5, 5.41) is 7.53. The zero-order valence-corrected chi connectivity index (χ0v) is 9.52. The molecular formula is C10H16NO3P. The van der Waals surface area contributed by atoms with E-state index in [9.17, 15) is 9.46 Å². The smallest absolute Gasteiger partial charge is 0.244 e. The van der Waals surface area contributed by atoms with Crippen molar-refractivity contribution < 1.29 is 14.6 Å². The second kappa shape index (κ2) is 4.45. The summed E-state index contributed by atoms with van der Waals surface area (Å²) in [7, 11) is -3.71. The molecule has 0 radical (unpaired) electrons. The van der Waals surface area contributed by atoms with Crippen LogP contribution in [0.5, 0.6) is 0 Å². The lowest BCUT2D eigenvalue weighted by molar-refractivity contribution is 0.317. The molecule has 4 nitrogen and oxygen atoms in total. The van der Waals surface area contributed by atoms with Crippen molar-refractivity contribution in [3.05, 3.63) is 35.9 Å². The highest BCUT2D eigenvalue weighted by Crippen LogP contribution is 2.51. The molecule has 5 heteroatoms. The van der Waals surface area contributed by atoms with Gasteiger partial charge in [-0.3, -0.25) is 4.57 Å². The summed E-state index contributed by atoms with van der Waals surface area (Å²) < 4.78 is 11.6. The minimum Gasteiger partial charge on any atom is -0.386 e. The molecule has 0 aliphatic heterocycles. The molecule has 4 N–H and O–H groups in total. The summed E-state index contributed by atoms with van der Waals surface area (Å²) in [6, 6.07) is 9.21. The van der Waals surface area contributed by atoms with E-state index in [1.165, 1.54) is 6.92 Å². The topological polar surface area (TPSA) is 83.6 Å². The molecule has 15 heavy (non-hydrogen) atoms. The zero-order chi connectivity index (χ0) is 11.5. The van der Waals surface area contributed by atoms with Crippen LogP contribution >= 0.6 is 7.37 Å². The van der Waals surface area contributed by atoms with Crippen LogP contribution in [0.3, 0.4) is 0 Å². The van der Waals surface area contributed by atoms with Gasteiger partial charge in [-0.05, 0) is 18.9 Å². The SMILES string of the molecule is CC(N)(Cc1ccccc1)P(=O)(O)CO. The fourth-order valence-electron chi connectivity index (χ4n) is 1.29. The highest BCUT2D eigenvalue weighted by molar-refractivity contribution is 7.59. The number of aliphatic hydroxyl groups excluding tert-OH is 1. The Bertz CT molecular complexity index is 364. The van der Waals surface area contributed by atoms with Gasteiger partial charge < -0.3 is 15.7 Å². The van der Waals surface area contributed by atoms with Crippen LogP contribution in [0.15, 0.2) is 30.3 Å². The molecule has 0 aliphatic carbocycles. The number of nitrogens with two attached hydrogens (primary N) is 1. The van der Waals surface area contributed by atoms with Crippen LogP contribution in [0.2, 0.25) is 0 Å². The average molecular weight is 229 g/mol. The van der Waals surface area contributed by atoms with Crippen LogP contribution in [-0.4, -0.2) is 21.6 Å². The molecule has 1 aromatic carbocycles. The Balaban J connectivity index is 2.86. The third kappa shape index (κ3) is 2.89. The third-order valence-electron chi connectivity index (χ3n) is 2.39. The van der Waals surface area contributed by atoms with E-state index in [0.717, 1.165) is 5.56 Å². The van der Waals surface area contributed by atoms with Gasteiger partial charge in [-0.25, -0.2) is 0 Å². The lowest BCUT2D eigenvalue weighted by Crippen LogP contribution is -2.39. The highest BCUT2D eigenvalue weighted by Gasteiger charge is 2.39. The fourth-order valence-corrected chi connectivity index (χ4v) is 2.05. The molecule has 2 atom stereocenters. The summed E-state index contributed by atoms with van der Waals surface area (Å²) in [6.45, 7) is 1.48. The van der Waals surface area contributed by atoms with E-state index >= 15 is 0 Å². The van der Waals surface area contributed by atoms with Crippen LogP contribution in [0.1, 0.15) is 12.5 Å². The minimum atomic E-state index is -3.71. The maximum atomic E-state index is 11.6. The van der Waals surface area contributed by atoms with Crippen LogP contribution in [0.4, 0.5) is 0 Å². The number of hydrogen-bond donors (Lipinski definition) is 3. The predicted molar refractivity (Wildman–Crippen MR) is 59.6 cm³/mol. The average Bonchev–Trinajstić information content (AvgIpc) is 2.18. The number of benzene rings is 1. The van der Waals surface area contributed by atoms with Crippen molar-refractivity contribution in [2.75, 3.05) is 6.35 Å². The summed E-state index contributed by atoms with van der Waals surface area (Å²) in [5.74, 6) is 0. The zero-order valence-electron chi connectivity index (χ0n) is 8.63. The largest absolute Gasteiger partial charge is 0.386 e. The van der Waals surface area contributed by atoms with E-state index < -0.39 is 19.0 Å². The van der Waals surface area contributed by atoms with Crippen LogP contribution in [-0.2, 0) is 11.0 Å². The van der Waals surface area contributed by atoms with Gasteiger partial charge in [0.25, 0.3) is 0 Å². The molecule has 1 aromatic rings. The molecule has 0 spiro atoms. The maximum Gasteiger partial charge on any atom is 0.244 e. The Labute approximate surface area is 89.2 Å². The van der Waals surface area contributed by atoms with Crippen molar-refractivity contribution in [3.63, 3.8) is 0 Å². The minimum absolute atomic E-state index is 0.266. The van der Waals surface area contributed by atoms with Crippen molar-refractivity contribution in [2.45, 2.75) is 18.6 Å². The van der Waals surface area contributed by atoms with Gasteiger partial charge in [0.15, 0.2) is 0 Å². The van der Waals surface area contributed by atoms with Crippen molar-refractivity contribution in [1.29, 1.82) is 0 Å². The first-order chi connectivity index (χ1) is 6.89. The van der Waals surface area contributed by atoms with Crippen LogP contribution < -0.4 is 5.73 Å². The summed E-state index contributed by atoms with van der Waals surface area (Å²) in [4.78, 5) is 9.49. The first-order valence-corrected chi connectivity index (χ1v) is 6.49. The van der Waals surface area contributed by atoms with Crippen molar-refractivity contribution >= 4 is 7.37 Å². The number of rotatable bonds is 4. The van der Waals surface area contributed by atoms with Gasteiger partial charge in [-0.2, -0.15) is 0 Å². The molecule has 2 unspecified atom stereocenters. The molecule has 84 valence electrons. The Morgan fingerprint density at radius 1 is 1.40 bits per heavy atom.